The maximum absolute atomic E-state index is 5.23. The number of thiazole rings is 1. The van der Waals surface area contributed by atoms with Gasteiger partial charge in [-0.2, -0.15) is 0 Å². The maximum Gasteiger partial charge on any atom is 0.0826 e. The summed E-state index contributed by atoms with van der Waals surface area (Å²) in [4.78, 5) is 5.05. The first kappa shape index (κ1) is 7.65. The van der Waals surface area contributed by atoms with Crippen LogP contribution >= 0.6 is 11.3 Å². The van der Waals surface area contributed by atoms with Crippen LogP contribution in [0.1, 0.15) is 4.88 Å². The van der Waals surface area contributed by atoms with Crippen molar-refractivity contribution < 1.29 is 4.74 Å². The molecule has 0 aliphatic carbocycles. The molecule has 1 aromatic rings. The van der Waals surface area contributed by atoms with Gasteiger partial charge in [-0.05, 0) is 0 Å². The van der Waals surface area contributed by atoms with Gasteiger partial charge >= 0.3 is 0 Å². The molecule has 10 heavy (non-hydrogen) atoms. The molecule has 2 N–H and O–H groups in total. The van der Waals surface area contributed by atoms with Gasteiger partial charge in [-0.15, -0.1) is 11.3 Å². The van der Waals surface area contributed by atoms with Crippen LogP contribution in [-0.4, -0.2) is 18.1 Å². The lowest BCUT2D eigenvalue weighted by molar-refractivity contribution is 0.130. The van der Waals surface area contributed by atoms with Crippen LogP contribution in [0.25, 0.3) is 0 Å². The summed E-state index contributed by atoms with van der Waals surface area (Å²) in [7, 11) is 0. The molecular formula is C6H10N2OS. The van der Waals surface area contributed by atoms with E-state index in [-0.39, 0.29) is 0 Å². The second-order valence-corrected chi connectivity index (χ2v) is 2.78. The standard InChI is InChI=1S/C6H10N2OS/c7-1-2-9-4-6-3-8-5-10-6/h3,5H,1-2,4,7H2. The average molecular weight is 158 g/mol. The summed E-state index contributed by atoms with van der Waals surface area (Å²) in [5.41, 5.74) is 7.02. The zero-order chi connectivity index (χ0) is 7.23. The predicted octanol–water partition coefficient (Wildman–Crippen LogP) is 0.618. The predicted molar refractivity (Wildman–Crippen MR) is 40.8 cm³/mol. The Hall–Kier alpha value is -0.450. The van der Waals surface area contributed by atoms with Gasteiger partial charge in [0.1, 0.15) is 0 Å². The molecule has 0 saturated heterocycles. The SMILES string of the molecule is NCCOCc1cncs1. The molecule has 1 aromatic heterocycles. The van der Waals surface area contributed by atoms with Crippen LogP contribution < -0.4 is 5.73 Å². The molecular weight excluding hydrogens is 148 g/mol. The molecule has 0 aliphatic heterocycles. The molecule has 0 saturated carbocycles. The van der Waals surface area contributed by atoms with Crippen molar-refractivity contribution in [2.75, 3.05) is 13.2 Å². The van der Waals surface area contributed by atoms with Crippen LogP contribution in [0, 0.1) is 0 Å². The third-order valence-electron chi connectivity index (χ3n) is 0.990. The van der Waals surface area contributed by atoms with E-state index < -0.39 is 0 Å². The Balaban J connectivity index is 2.15. The fourth-order valence-electron chi connectivity index (χ4n) is 0.570. The fraction of sp³-hybridized carbons (Fsp3) is 0.500. The van der Waals surface area contributed by atoms with Gasteiger partial charge < -0.3 is 10.5 Å². The number of nitrogens with zero attached hydrogens (tertiary/aromatic N) is 1. The second kappa shape index (κ2) is 4.38. The first-order chi connectivity index (χ1) is 4.93. The number of hydrogen-bond donors (Lipinski definition) is 1. The maximum atomic E-state index is 5.23. The number of ether oxygens (including phenoxy) is 1. The minimum atomic E-state index is 0.582. The molecule has 0 fully saturated rings. The summed E-state index contributed by atoms with van der Waals surface area (Å²) in [6.45, 7) is 1.85. The minimum absolute atomic E-state index is 0.582. The minimum Gasteiger partial charge on any atom is -0.375 e. The molecule has 0 bridgehead atoms. The van der Waals surface area contributed by atoms with Crippen molar-refractivity contribution in [2.24, 2.45) is 5.73 Å². The lowest BCUT2D eigenvalue weighted by Gasteiger charge is -1.96. The molecule has 56 valence electrons. The molecule has 1 rings (SSSR count). The average Bonchev–Trinajstić information content (AvgIpc) is 2.41. The summed E-state index contributed by atoms with van der Waals surface area (Å²) in [6, 6.07) is 0. The molecule has 0 atom stereocenters. The topological polar surface area (TPSA) is 48.1 Å². The molecule has 0 spiro atoms. The monoisotopic (exact) mass is 158 g/mol. The number of nitrogens with two attached hydrogens (primary N) is 1. The van der Waals surface area contributed by atoms with Crippen LogP contribution in [0.5, 0.6) is 0 Å². The van der Waals surface area contributed by atoms with Crippen LogP contribution in [0.4, 0.5) is 0 Å². The van der Waals surface area contributed by atoms with E-state index in [0.717, 1.165) is 4.88 Å². The van der Waals surface area contributed by atoms with E-state index in [0.29, 0.717) is 19.8 Å². The molecule has 0 aromatic carbocycles. The van der Waals surface area contributed by atoms with Gasteiger partial charge in [0.25, 0.3) is 0 Å². The van der Waals surface area contributed by atoms with E-state index in [9.17, 15) is 0 Å². The van der Waals surface area contributed by atoms with E-state index in [1.165, 1.54) is 0 Å². The van der Waals surface area contributed by atoms with Crippen molar-refractivity contribution >= 4 is 11.3 Å². The van der Waals surface area contributed by atoms with Crippen LogP contribution in [0.15, 0.2) is 11.7 Å². The summed E-state index contributed by atoms with van der Waals surface area (Å²) >= 11 is 1.60. The van der Waals surface area contributed by atoms with Crippen molar-refractivity contribution in [3.63, 3.8) is 0 Å². The van der Waals surface area contributed by atoms with E-state index in [1.807, 2.05) is 0 Å². The third kappa shape index (κ3) is 2.43. The molecule has 0 aliphatic rings. The van der Waals surface area contributed by atoms with Gasteiger partial charge in [0, 0.05) is 12.7 Å². The highest BCUT2D eigenvalue weighted by atomic mass is 32.1. The Morgan fingerprint density at radius 3 is 3.20 bits per heavy atom. The normalized spacial score (nSPS) is 10.1. The quantitative estimate of drug-likeness (QED) is 0.653. The Morgan fingerprint density at radius 2 is 2.60 bits per heavy atom. The third-order valence-corrected chi connectivity index (χ3v) is 1.74. The summed E-state index contributed by atoms with van der Waals surface area (Å²) in [5, 5.41) is 0. The lowest BCUT2D eigenvalue weighted by atomic mass is 10.6. The van der Waals surface area contributed by atoms with Crippen LogP contribution in [0.2, 0.25) is 0 Å². The second-order valence-electron chi connectivity index (χ2n) is 1.81. The van der Waals surface area contributed by atoms with Crippen molar-refractivity contribution in [3.8, 4) is 0 Å². The Morgan fingerprint density at radius 1 is 1.70 bits per heavy atom. The summed E-state index contributed by atoms with van der Waals surface area (Å²) < 4.78 is 5.17. The van der Waals surface area contributed by atoms with Crippen molar-refractivity contribution in [3.05, 3.63) is 16.6 Å². The largest absolute Gasteiger partial charge is 0.375 e. The van der Waals surface area contributed by atoms with E-state index in [2.05, 4.69) is 4.98 Å². The van der Waals surface area contributed by atoms with Gasteiger partial charge in [0.2, 0.25) is 0 Å². The molecule has 4 heteroatoms. The van der Waals surface area contributed by atoms with Gasteiger partial charge in [-0.1, -0.05) is 0 Å². The van der Waals surface area contributed by atoms with Crippen molar-refractivity contribution in [1.82, 2.24) is 4.98 Å². The first-order valence-electron chi connectivity index (χ1n) is 3.08. The van der Waals surface area contributed by atoms with Crippen LogP contribution in [-0.2, 0) is 11.3 Å². The Labute approximate surface area is 63.8 Å². The number of rotatable bonds is 4. The highest BCUT2D eigenvalue weighted by Crippen LogP contribution is 2.05. The Bertz CT molecular complexity index is 164. The van der Waals surface area contributed by atoms with Crippen molar-refractivity contribution in [1.29, 1.82) is 0 Å². The highest BCUT2D eigenvalue weighted by molar-refractivity contribution is 7.09. The molecule has 0 unspecified atom stereocenters. The van der Waals surface area contributed by atoms with E-state index in [1.54, 1.807) is 23.0 Å². The summed E-state index contributed by atoms with van der Waals surface area (Å²) in [6.07, 6.45) is 1.81. The molecule has 3 nitrogen and oxygen atoms in total. The first-order valence-corrected chi connectivity index (χ1v) is 3.96. The molecule has 0 radical (unpaired) electrons. The smallest absolute Gasteiger partial charge is 0.0826 e. The highest BCUT2D eigenvalue weighted by Gasteiger charge is 1.91. The van der Waals surface area contributed by atoms with E-state index in [4.69, 9.17) is 10.5 Å². The van der Waals surface area contributed by atoms with Crippen molar-refractivity contribution in [2.45, 2.75) is 6.61 Å². The lowest BCUT2D eigenvalue weighted by Crippen LogP contribution is -2.07. The Kier molecular flexibility index (Phi) is 3.35. The number of aromatic nitrogens is 1. The van der Waals surface area contributed by atoms with Crippen LogP contribution in [0.3, 0.4) is 0 Å². The summed E-state index contributed by atoms with van der Waals surface area (Å²) in [5.74, 6) is 0. The zero-order valence-electron chi connectivity index (χ0n) is 5.62. The fourth-order valence-corrected chi connectivity index (χ4v) is 1.10. The number of hydrogen-bond acceptors (Lipinski definition) is 4. The van der Waals surface area contributed by atoms with Gasteiger partial charge in [0.15, 0.2) is 0 Å². The van der Waals surface area contributed by atoms with Gasteiger partial charge in [-0.25, -0.2) is 0 Å². The van der Waals surface area contributed by atoms with Gasteiger partial charge in [-0.3, -0.25) is 4.98 Å². The zero-order valence-corrected chi connectivity index (χ0v) is 6.43. The molecule has 1 heterocycles. The van der Waals surface area contributed by atoms with E-state index >= 15 is 0 Å². The van der Waals surface area contributed by atoms with Gasteiger partial charge in [0.05, 0.1) is 23.6 Å². The molecule has 0 amide bonds.